The highest BCUT2D eigenvalue weighted by molar-refractivity contribution is 5.71. The summed E-state index contributed by atoms with van der Waals surface area (Å²) >= 11 is 0. The van der Waals surface area contributed by atoms with Crippen LogP contribution in [0.4, 0.5) is 0 Å². The predicted octanol–water partition coefficient (Wildman–Crippen LogP) is 9.64. The molecule has 0 aliphatic heterocycles. The van der Waals surface area contributed by atoms with Crippen molar-refractivity contribution in [3.05, 3.63) is 0 Å². The van der Waals surface area contributed by atoms with Gasteiger partial charge in [-0.05, 0) is 25.2 Å². The van der Waals surface area contributed by atoms with Gasteiger partial charge in [0.05, 0.1) is 12.5 Å². The molecule has 0 saturated carbocycles. The third-order valence-corrected chi connectivity index (χ3v) is 6.54. The smallest absolute Gasteiger partial charge is 0.308 e. The van der Waals surface area contributed by atoms with Gasteiger partial charge in [-0.15, -0.1) is 0 Å². The molecule has 2 unspecified atom stereocenters. The van der Waals surface area contributed by atoms with Crippen molar-refractivity contribution >= 4 is 5.97 Å². The van der Waals surface area contributed by atoms with Crippen molar-refractivity contribution < 1.29 is 9.53 Å². The maximum absolute atomic E-state index is 12.4. The van der Waals surface area contributed by atoms with Crippen LogP contribution >= 0.6 is 0 Å². The van der Waals surface area contributed by atoms with E-state index < -0.39 is 0 Å². The van der Waals surface area contributed by atoms with Crippen molar-refractivity contribution in [3.8, 4) is 0 Å². The highest BCUT2D eigenvalue weighted by Crippen LogP contribution is 2.20. The first-order valence-corrected chi connectivity index (χ1v) is 13.8. The van der Waals surface area contributed by atoms with Crippen LogP contribution in [-0.4, -0.2) is 12.6 Å². The van der Waals surface area contributed by atoms with E-state index in [-0.39, 0.29) is 11.9 Å². The van der Waals surface area contributed by atoms with Crippen LogP contribution < -0.4 is 0 Å². The molecular formula is C28H56O2. The largest absolute Gasteiger partial charge is 0.465 e. The molecule has 0 saturated heterocycles. The van der Waals surface area contributed by atoms with E-state index in [9.17, 15) is 4.79 Å². The number of esters is 1. The summed E-state index contributed by atoms with van der Waals surface area (Å²) in [7, 11) is 0. The third kappa shape index (κ3) is 19.4. The van der Waals surface area contributed by atoms with E-state index >= 15 is 0 Å². The van der Waals surface area contributed by atoms with Gasteiger partial charge in [0.2, 0.25) is 0 Å². The second kappa shape index (κ2) is 23.1. The van der Waals surface area contributed by atoms with Gasteiger partial charge >= 0.3 is 5.97 Å². The van der Waals surface area contributed by atoms with Gasteiger partial charge < -0.3 is 4.74 Å². The van der Waals surface area contributed by atoms with Crippen molar-refractivity contribution in [2.45, 2.75) is 156 Å². The summed E-state index contributed by atoms with van der Waals surface area (Å²) in [6.45, 7) is 9.50. The quantitative estimate of drug-likeness (QED) is 0.120. The second-order valence-corrected chi connectivity index (χ2v) is 9.71. The molecule has 2 nitrogen and oxygen atoms in total. The Balaban J connectivity index is 3.84. The molecule has 0 aromatic carbocycles. The molecule has 0 aliphatic carbocycles. The summed E-state index contributed by atoms with van der Waals surface area (Å²) < 4.78 is 5.76. The van der Waals surface area contributed by atoms with Crippen LogP contribution in [0.1, 0.15) is 156 Å². The second-order valence-electron chi connectivity index (χ2n) is 9.71. The fourth-order valence-corrected chi connectivity index (χ4v) is 4.25. The average Bonchev–Trinajstić information content (AvgIpc) is 2.75. The molecule has 0 aromatic rings. The van der Waals surface area contributed by atoms with E-state index in [4.69, 9.17) is 4.74 Å². The van der Waals surface area contributed by atoms with Crippen LogP contribution in [0.3, 0.4) is 0 Å². The molecule has 0 N–H and O–H groups in total. The molecule has 180 valence electrons. The van der Waals surface area contributed by atoms with Crippen molar-refractivity contribution in [2.24, 2.45) is 11.8 Å². The molecular weight excluding hydrogens is 368 g/mol. The zero-order valence-electron chi connectivity index (χ0n) is 21.3. The van der Waals surface area contributed by atoms with Crippen LogP contribution in [0.25, 0.3) is 0 Å². The molecule has 2 heteroatoms. The van der Waals surface area contributed by atoms with Crippen molar-refractivity contribution in [1.29, 1.82) is 0 Å². The monoisotopic (exact) mass is 424 g/mol. The van der Waals surface area contributed by atoms with Gasteiger partial charge in [0.15, 0.2) is 0 Å². The lowest BCUT2D eigenvalue weighted by Crippen LogP contribution is -2.19. The minimum atomic E-state index is 0.0416. The molecule has 0 bridgehead atoms. The summed E-state index contributed by atoms with van der Waals surface area (Å²) in [6, 6.07) is 0. The number of ether oxygens (including phenoxy) is 1. The first kappa shape index (κ1) is 29.5. The van der Waals surface area contributed by atoms with Crippen LogP contribution in [-0.2, 0) is 9.53 Å². The molecule has 0 aliphatic rings. The Morgan fingerprint density at radius 2 is 0.933 bits per heavy atom. The number of carbonyl (C=O) groups excluding carboxylic acids is 1. The number of hydrogen-bond acceptors (Lipinski definition) is 2. The van der Waals surface area contributed by atoms with E-state index in [1.54, 1.807) is 0 Å². The summed E-state index contributed by atoms with van der Waals surface area (Å²) in [5, 5.41) is 0. The van der Waals surface area contributed by atoms with Gasteiger partial charge in [0, 0.05) is 0 Å². The van der Waals surface area contributed by atoms with E-state index in [0.29, 0.717) is 12.5 Å². The van der Waals surface area contributed by atoms with E-state index in [1.165, 1.54) is 122 Å². The minimum absolute atomic E-state index is 0.0416. The highest BCUT2D eigenvalue weighted by Gasteiger charge is 2.17. The maximum atomic E-state index is 12.4. The molecule has 0 radical (unpaired) electrons. The standard InChI is InChI=1S/C28H56O2/c1-5-8-11-13-14-15-16-17-18-20-22-26(4)28(29)30-25-27(23-19-10-7-3)24-21-12-9-6-2/h26-27H,5-25H2,1-4H3. The molecule has 30 heavy (non-hydrogen) atoms. The average molecular weight is 425 g/mol. The fourth-order valence-electron chi connectivity index (χ4n) is 4.25. The fraction of sp³-hybridized carbons (Fsp3) is 0.964. The molecule has 0 heterocycles. The summed E-state index contributed by atoms with van der Waals surface area (Å²) in [5.41, 5.74) is 0. The van der Waals surface area contributed by atoms with E-state index in [0.717, 1.165) is 6.42 Å². The molecule has 0 fully saturated rings. The van der Waals surface area contributed by atoms with E-state index in [1.807, 2.05) is 0 Å². The van der Waals surface area contributed by atoms with Crippen molar-refractivity contribution in [1.82, 2.24) is 0 Å². The van der Waals surface area contributed by atoms with Crippen LogP contribution in [0, 0.1) is 11.8 Å². The van der Waals surface area contributed by atoms with Crippen molar-refractivity contribution in [3.63, 3.8) is 0 Å². The molecule has 0 aromatic heterocycles. The molecule has 0 spiro atoms. The number of hydrogen-bond donors (Lipinski definition) is 0. The van der Waals surface area contributed by atoms with Gasteiger partial charge in [-0.25, -0.2) is 0 Å². The lowest BCUT2D eigenvalue weighted by molar-refractivity contribution is -0.149. The Labute approximate surface area is 190 Å². The number of unbranched alkanes of at least 4 members (excludes halogenated alkanes) is 14. The zero-order chi connectivity index (χ0) is 22.3. The van der Waals surface area contributed by atoms with Gasteiger partial charge in [0.25, 0.3) is 0 Å². The van der Waals surface area contributed by atoms with Crippen LogP contribution in [0.15, 0.2) is 0 Å². The van der Waals surface area contributed by atoms with Gasteiger partial charge in [-0.3, -0.25) is 4.79 Å². The van der Waals surface area contributed by atoms with Crippen LogP contribution in [0.5, 0.6) is 0 Å². The van der Waals surface area contributed by atoms with E-state index in [2.05, 4.69) is 27.7 Å². The SMILES string of the molecule is CCCCCCCCCCCCC(C)C(=O)OCC(CCCCC)CCCCCC. The first-order valence-electron chi connectivity index (χ1n) is 13.8. The zero-order valence-corrected chi connectivity index (χ0v) is 21.3. The van der Waals surface area contributed by atoms with Gasteiger partial charge in [0.1, 0.15) is 0 Å². The molecule has 2 atom stereocenters. The van der Waals surface area contributed by atoms with Gasteiger partial charge in [-0.2, -0.15) is 0 Å². The topological polar surface area (TPSA) is 26.3 Å². The summed E-state index contributed by atoms with van der Waals surface area (Å²) in [6.07, 6.45) is 26.0. The Hall–Kier alpha value is -0.530. The maximum Gasteiger partial charge on any atom is 0.308 e. The number of rotatable bonds is 23. The predicted molar refractivity (Wildman–Crippen MR) is 133 cm³/mol. The molecule has 0 amide bonds. The summed E-state index contributed by atoms with van der Waals surface area (Å²) in [4.78, 5) is 12.4. The molecule has 0 rings (SSSR count). The van der Waals surface area contributed by atoms with Crippen molar-refractivity contribution in [2.75, 3.05) is 6.61 Å². The Morgan fingerprint density at radius 1 is 0.567 bits per heavy atom. The van der Waals surface area contributed by atoms with Crippen LogP contribution in [0.2, 0.25) is 0 Å². The highest BCUT2D eigenvalue weighted by atomic mass is 16.5. The lowest BCUT2D eigenvalue weighted by atomic mass is 9.95. The normalized spacial score (nSPS) is 13.3. The lowest BCUT2D eigenvalue weighted by Gasteiger charge is -2.19. The Kier molecular flexibility index (Phi) is 22.7. The third-order valence-electron chi connectivity index (χ3n) is 6.54. The Bertz CT molecular complexity index is 353. The van der Waals surface area contributed by atoms with Gasteiger partial charge in [-0.1, -0.05) is 137 Å². The number of carbonyl (C=O) groups is 1. The Morgan fingerprint density at radius 3 is 1.47 bits per heavy atom. The first-order chi connectivity index (χ1) is 14.7. The minimum Gasteiger partial charge on any atom is -0.465 e. The summed E-state index contributed by atoms with van der Waals surface area (Å²) in [5.74, 6) is 0.678.